The summed E-state index contributed by atoms with van der Waals surface area (Å²) in [5.41, 5.74) is 1.28. The number of rotatable bonds is 4. The van der Waals surface area contributed by atoms with E-state index in [0.717, 1.165) is 29.7 Å². The van der Waals surface area contributed by atoms with Crippen molar-refractivity contribution in [2.24, 2.45) is 0 Å². The number of halogens is 1. The molecular formula is C21H23FN6O2. The van der Waals surface area contributed by atoms with Crippen molar-refractivity contribution in [2.75, 3.05) is 36.4 Å². The number of aromatic nitrogens is 3. The maximum absolute atomic E-state index is 13.1. The molecule has 5 rings (SSSR count). The number of amides is 1. The van der Waals surface area contributed by atoms with Crippen LogP contribution in [0.5, 0.6) is 0 Å². The van der Waals surface area contributed by atoms with E-state index in [-0.39, 0.29) is 17.3 Å². The van der Waals surface area contributed by atoms with Crippen molar-refractivity contribution in [3.8, 4) is 0 Å². The summed E-state index contributed by atoms with van der Waals surface area (Å²) in [5.74, 6) is 0.802. The fourth-order valence-corrected chi connectivity index (χ4v) is 3.70. The van der Waals surface area contributed by atoms with E-state index < -0.39 is 5.95 Å². The topological polar surface area (TPSA) is 87.4 Å². The normalized spacial score (nSPS) is 18.0. The average Bonchev–Trinajstić information content (AvgIpc) is 3.33. The van der Waals surface area contributed by atoms with Gasteiger partial charge in [0.25, 0.3) is 5.91 Å². The summed E-state index contributed by atoms with van der Waals surface area (Å²) in [6.07, 6.45) is 3.65. The van der Waals surface area contributed by atoms with Gasteiger partial charge in [-0.25, -0.2) is 9.97 Å². The minimum atomic E-state index is -0.502. The van der Waals surface area contributed by atoms with Crippen LogP contribution in [-0.2, 0) is 0 Å². The van der Waals surface area contributed by atoms with E-state index in [0.29, 0.717) is 37.7 Å². The zero-order valence-electron chi connectivity index (χ0n) is 17.0. The minimum Gasteiger partial charge on any atom is -0.443 e. The third-order valence-electron chi connectivity index (χ3n) is 5.77. The van der Waals surface area contributed by atoms with Gasteiger partial charge in [0.1, 0.15) is 11.6 Å². The molecule has 1 saturated carbocycles. The molecule has 0 spiro atoms. The van der Waals surface area contributed by atoms with Gasteiger partial charge < -0.3 is 19.5 Å². The lowest BCUT2D eigenvalue weighted by molar-refractivity contribution is 0.0734. The lowest BCUT2D eigenvalue weighted by Crippen LogP contribution is -2.49. The first kappa shape index (κ1) is 18.8. The van der Waals surface area contributed by atoms with E-state index in [1.54, 1.807) is 11.0 Å². The van der Waals surface area contributed by atoms with Crippen molar-refractivity contribution in [3.63, 3.8) is 0 Å². The van der Waals surface area contributed by atoms with E-state index in [1.807, 2.05) is 13.0 Å². The number of nitrogens with zero attached hydrogens (tertiary/aromatic N) is 5. The summed E-state index contributed by atoms with van der Waals surface area (Å²) in [5, 5.41) is 4.25. The Morgan fingerprint density at radius 3 is 2.63 bits per heavy atom. The first-order chi connectivity index (χ1) is 14.4. The number of furan rings is 1. The number of fused-ring (bicyclic) bond motifs is 1. The molecule has 0 aromatic carbocycles. The van der Waals surface area contributed by atoms with Gasteiger partial charge in [-0.15, -0.1) is 0 Å². The summed E-state index contributed by atoms with van der Waals surface area (Å²) in [6, 6.07) is 4.94. The number of aryl methyl sites for hydroxylation is 1. The predicted octanol–water partition coefficient (Wildman–Crippen LogP) is 2.99. The van der Waals surface area contributed by atoms with E-state index >= 15 is 0 Å². The fourth-order valence-electron chi connectivity index (χ4n) is 3.70. The molecule has 30 heavy (non-hydrogen) atoms. The summed E-state index contributed by atoms with van der Waals surface area (Å²) in [7, 11) is 0. The number of piperazine rings is 1. The molecule has 4 heterocycles. The zero-order valence-corrected chi connectivity index (χ0v) is 17.0. The molecule has 3 aromatic heterocycles. The smallest absolute Gasteiger partial charge is 0.291 e. The molecule has 0 radical (unpaired) electrons. The maximum atomic E-state index is 13.1. The van der Waals surface area contributed by atoms with Crippen LogP contribution in [0.3, 0.4) is 0 Å². The Bertz CT molecular complexity index is 1100. The molecule has 1 amide bonds. The van der Waals surface area contributed by atoms with Gasteiger partial charge in [0.05, 0.1) is 17.3 Å². The van der Waals surface area contributed by atoms with Gasteiger partial charge in [0.15, 0.2) is 0 Å². The number of carbonyl (C=O) groups is 1. The second kappa shape index (κ2) is 6.93. The van der Waals surface area contributed by atoms with Crippen LogP contribution < -0.4 is 10.2 Å². The van der Waals surface area contributed by atoms with Gasteiger partial charge in [-0.2, -0.15) is 9.37 Å². The number of anilines is 2. The highest BCUT2D eigenvalue weighted by molar-refractivity contribution is 5.95. The van der Waals surface area contributed by atoms with Crippen LogP contribution in [0, 0.1) is 12.9 Å². The molecule has 1 saturated heterocycles. The number of carbonyl (C=O) groups excluding carboxylic acids is 1. The van der Waals surface area contributed by atoms with Crippen LogP contribution in [-0.4, -0.2) is 57.5 Å². The first-order valence-corrected chi connectivity index (χ1v) is 10.1. The number of hydrogen-bond acceptors (Lipinski definition) is 7. The Labute approximate surface area is 173 Å². The van der Waals surface area contributed by atoms with Gasteiger partial charge in [-0.05, 0) is 44.9 Å². The van der Waals surface area contributed by atoms with Crippen molar-refractivity contribution < 1.29 is 13.6 Å². The van der Waals surface area contributed by atoms with Crippen molar-refractivity contribution in [1.29, 1.82) is 0 Å². The standard InChI is InChI=1S/C21H23FN6O2/c1-13-11-15-17(26-21(2)5-6-21)24-18(25-19(15)30-13)20(29)28-9-7-27(8-10-28)14-3-4-16(22)23-12-14/h3-4,11-12H,5-10H2,1-2H3,(H,24,25,26). The molecule has 156 valence electrons. The SMILES string of the molecule is Cc1cc2c(NC3(C)CC3)nc(C(=O)N3CCN(c4ccc(F)nc4)CC3)nc2o1. The van der Waals surface area contributed by atoms with E-state index in [9.17, 15) is 9.18 Å². The Hall–Kier alpha value is -3.23. The van der Waals surface area contributed by atoms with E-state index in [2.05, 4.69) is 32.1 Å². The molecule has 0 bridgehead atoms. The summed E-state index contributed by atoms with van der Waals surface area (Å²) >= 11 is 0. The molecule has 1 N–H and O–H groups in total. The minimum absolute atomic E-state index is 0.0155. The second-order valence-corrected chi connectivity index (χ2v) is 8.28. The zero-order chi connectivity index (χ0) is 20.9. The second-order valence-electron chi connectivity index (χ2n) is 8.28. The van der Waals surface area contributed by atoms with E-state index in [1.165, 1.54) is 12.3 Å². The molecule has 1 aliphatic carbocycles. The van der Waals surface area contributed by atoms with Crippen LogP contribution in [0.4, 0.5) is 15.9 Å². The number of pyridine rings is 1. The van der Waals surface area contributed by atoms with Gasteiger partial charge >= 0.3 is 0 Å². The first-order valence-electron chi connectivity index (χ1n) is 10.1. The average molecular weight is 410 g/mol. The predicted molar refractivity (Wildman–Crippen MR) is 110 cm³/mol. The van der Waals surface area contributed by atoms with Crippen molar-refractivity contribution in [3.05, 3.63) is 41.9 Å². The van der Waals surface area contributed by atoms with Gasteiger partial charge in [0, 0.05) is 31.7 Å². The Balaban J connectivity index is 1.35. The number of nitrogens with one attached hydrogen (secondary N) is 1. The molecule has 0 unspecified atom stereocenters. The molecule has 1 aliphatic heterocycles. The van der Waals surface area contributed by atoms with Gasteiger partial charge in [-0.1, -0.05) is 0 Å². The highest BCUT2D eigenvalue weighted by atomic mass is 19.1. The van der Waals surface area contributed by atoms with Crippen LogP contribution in [0.15, 0.2) is 28.8 Å². The third-order valence-corrected chi connectivity index (χ3v) is 5.77. The molecule has 0 atom stereocenters. The summed E-state index contributed by atoms with van der Waals surface area (Å²) in [6.45, 7) is 6.30. The van der Waals surface area contributed by atoms with Crippen LogP contribution >= 0.6 is 0 Å². The van der Waals surface area contributed by atoms with Crippen LogP contribution in [0.1, 0.15) is 36.1 Å². The Kier molecular flexibility index (Phi) is 4.34. The largest absolute Gasteiger partial charge is 0.443 e. The highest BCUT2D eigenvalue weighted by Gasteiger charge is 2.38. The van der Waals surface area contributed by atoms with Gasteiger partial charge in [0.2, 0.25) is 17.5 Å². The Morgan fingerprint density at radius 1 is 1.20 bits per heavy atom. The summed E-state index contributed by atoms with van der Waals surface area (Å²) in [4.78, 5) is 29.6. The molecular weight excluding hydrogens is 387 g/mol. The monoisotopic (exact) mass is 410 g/mol. The van der Waals surface area contributed by atoms with E-state index in [4.69, 9.17) is 4.42 Å². The van der Waals surface area contributed by atoms with Crippen molar-refractivity contribution in [1.82, 2.24) is 19.9 Å². The Morgan fingerprint density at radius 2 is 1.97 bits per heavy atom. The van der Waals surface area contributed by atoms with Crippen LogP contribution in [0.25, 0.3) is 11.1 Å². The lowest BCUT2D eigenvalue weighted by Gasteiger charge is -2.35. The highest BCUT2D eigenvalue weighted by Crippen LogP contribution is 2.39. The van der Waals surface area contributed by atoms with Crippen LogP contribution in [0.2, 0.25) is 0 Å². The summed E-state index contributed by atoms with van der Waals surface area (Å²) < 4.78 is 18.8. The molecule has 8 nitrogen and oxygen atoms in total. The van der Waals surface area contributed by atoms with Crippen molar-refractivity contribution >= 4 is 28.5 Å². The van der Waals surface area contributed by atoms with Crippen molar-refractivity contribution in [2.45, 2.75) is 32.2 Å². The number of hydrogen-bond donors (Lipinski definition) is 1. The third kappa shape index (κ3) is 3.55. The fraction of sp³-hybridized carbons (Fsp3) is 0.429. The molecule has 3 aromatic rings. The van der Waals surface area contributed by atoms with Gasteiger partial charge in [-0.3, -0.25) is 4.79 Å². The lowest BCUT2D eigenvalue weighted by atomic mass is 10.2. The quantitative estimate of drug-likeness (QED) is 0.662. The maximum Gasteiger partial charge on any atom is 0.291 e. The molecule has 2 aliphatic rings. The molecule has 9 heteroatoms. The molecule has 2 fully saturated rings.